The minimum absolute atomic E-state index is 0.0202. The van der Waals surface area contributed by atoms with Crippen molar-refractivity contribution in [1.82, 2.24) is 14.8 Å². The molecule has 0 spiro atoms. The first-order valence-corrected chi connectivity index (χ1v) is 8.19. The van der Waals surface area contributed by atoms with Gasteiger partial charge in [-0.2, -0.15) is 5.10 Å². The number of hydrogen-bond donors (Lipinski definition) is 1. The summed E-state index contributed by atoms with van der Waals surface area (Å²) in [5.74, 6) is 0. The molecule has 0 aliphatic heterocycles. The van der Waals surface area contributed by atoms with Gasteiger partial charge in [0, 0.05) is 24.3 Å². The Hall–Kier alpha value is -0.720. The predicted octanol–water partition coefficient (Wildman–Crippen LogP) is 3.52. The van der Waals surface area contributed by atoms with Gasteiger partial charge in [0.1, 0.15) is 6.10 Å². The van der Waals surface area contributed by atoms with E-state index in [0.717, 1.165) is 26.6 Å². The summed E-state index contributed by atoms with van der Waals surface area (Å²) in [4.78, 5) is 4.57. The molecule has 2 heterocycles. The Balaban J connectivity index is 2.20. The Labute approximate surface area is 132 Å². The van der Waals surface area contributed by atoms with E-state index in [1.165, 1.54) is 0 Å². The van der Waals surface area contributed by atoms with Crippen LogP contribution in [0.5, 0.6) is 0 Å². The second-order valence-corrected chi connectivity index (χ2v) is 7.67. The zero-order valence-electron chi connectivity index (χ0n) is 12.4. The van der Waals surface area contributed by atoms with Crippen LogP contribution in [-0.4, -0.2) is 19.9 Å². The number of halogens is 1. The van der Waals surface area contributed by atoms with Crippen LogP contribution in [0.1, 0.15) is 49.0 Å². The summed E-state index contributed by atoms with van der Waals surface area (Å²) in [6, 6.07) is 0. The smallest absolute Gasteiger partial charge is 0.102 e. The van der Waals surface area contributed by atoms with Crippen molar-refractivity contribution < 1.29 is 5.11 Å². The predicted molar refractivity (Wildman–Crippen MR) is 85.1 cm³/mol. The van der Waals surface area contributed by atoms with Gasteiger partial charge in [0.2, 0.25) is 0 Å². The number of aromatic nitrogens is 3. The van der Waals surface area contributed by atoms with Crippen molar-refractivity contribution in [3.05, 3.63) is 31.9 Å². The Morgan fingerprint density at radius 2 is 2.10 bits per heavy atom. The molecule has 1 unspecified atom stereocenters. The quantitative estimate of drug-likeness (QED) is 0.913. The van der Waals surface area contributed by atoms with Crippen LogP contribution >= 0.6 is 27.3 Å². The van der Waals surface area contributed by atoms with Crippen LogP contribution < -0.4 is 0 Å². The standard InChI is InChI=1S/C14H20BrN3OS/c1-8-12(15)10(18(5)17-8)6-11(19)9-7-20-13(16-9)14(2,3)4/h7,11,19H,6H2,1-5H3. The third-order valence-corrected chi connectivity index (χ3v) is 5.47. The monoisotopic (exact) mass is 357 g/mol. The lowest BCUT2D eigenvalue weighted by Gasteiger charge is -2.14. The fraction of sp³-hybridized carbons (Fsp3) is 0.571. The van der Waals surface area contributed by atoms with E-state index in [1.54, 1.807) is 16.0 Å². The van der Waals surface area contributed by atoms with Gasteiger partial charge in [-0.1, -0.05) is 20.8 Å². The van der Waals surface area contributed by atoms with E-state index in [0.29, 0.717) is 6.42 Å². The van der Waals surface area contributed by atoms with Crippen molar-refractivity contribution in [2.45, 2.75) is 45.6 Å². The summed E-state index contributed by atoms with van der Waals surface area (Å²) in [7, 11) is 1.89. The number of hydrogen-bond acceptors (Lipinski definition) is 4. The highest BCUT2D eigenvalue weighted by molar-refractivity contribution is 9.10. The molecule has 0 aliphatic carbocycles. The molecule has 0 aliphatic rings. The molecule has 2 aromatic heterocycles. The van der Waals surface area contributed by atoms with E-state index in [9.17, 15) is 5.11 Å². The Kier molecular flexibility index (Phi) is 4.37. The molecule has 0 aromatic carbocycles. The van der Waals surface area contributed by atoms with Gasteiger partial charge in [0.25, 0.3) is 0 Å². The van der Waals surface area contributed by atoms with Gasteiger partial charge in [0.15, 0.2) is 0 Å². The molecule has 2 rings (SSSR count). The van der Waals surface area contributed by atoms with E-state index >= 15 is 0 Å². The first kappa shape index (κ1) is 15.7. The molecule has 0 saturated heterocycles. The van der Waals surface area contributed by atoms with Crippen molar-refractivity contribution in [2.75, 3.05) is 0 Å². The highest BCUT2D eigenvalue weighted by Gasteiger charge is 2.22. The molecule has 20 heavy (non-hydrogen) atoms. The van der Waals surface area contributed by atoms with Crippen LogP contribution in [0.15, 0.2) is 9.85 Å². The number of nitrogens with zero attached hydrogens (tertiary/aromatic N) is 3. The molecule has 110 valence electrons. The highest BCUT2D eigenvalue weighted by Crippen LogP contribution is 2.30. The topological polar surface area (TPSA) is 50.9 Å². The molecule has 2 aromatic rings. The van der Waals surface area contributed by atoms with E-state index in [-0.39, 0.29) is 5.41 Å². The maximum atomic E-state index is 10.4. The molecule has 1 N–H and O–H groups in total. The number of aliphatic hydroxyl groups is 1. The summed E-state index contributed by atoms with van der Waals surface area (Å²) >= 11 is 5.13. The van der Waals surface area contributed by atoms with Crippen molar-refractivity contribution in [3.8, 4) is 0 Å². The van der Waals surface area contributed by atoms with Crippen LogP contribution in [0.25, 0.3) is 0 Å². The van der Waals surface area contributed by atoms with Crippen molar-refractivity contribution in [2.24, 2.45) is 7.05 Å². The first-order valence-electron chi connectivity index (χ1n) is 6.52. The molecule has 4 nitrogen and oxygen atoms in total. The summed E-state index contributed by atoms with van der Waals surface area (Å²) in [5.41, 5.74) is 2.68. The van der Waals surface area contributed by atoms with Crippen molar-refractivity contribution in [3.63, 3.8) is 0 Å². The SMILES string of the molecule is Cc1nn(C)c(CC(O)c2csc(C(C)(C)C)n2)c1Br. The Bertz CT molecular complexity index is 612. The van der Waals surface area contributed by atoms with Crippen LogP contribution in [0.4, 0.5) is 0 Å². The van der Waals surface area contributed by atoms with E-state index in [1.807, 2.05) is 19.4 Å². The van der Waals surface area contributed by atoms with Crippen molar-refractivity contribution in [1.29, 1.82) is 0 Å². The fourth-order valence-corrected chi connectivity index (χ4v) is 3.42. The average molecular weight is 358 g/mol. The van der Waals surface area contributed by atoms with E-state index in [4.69, 9.17) is 0 Å². The molecule has 0 fully saturated rings. The lowest BCUT2D eigenvalue weighted by molar-refractivity contribution is 0.171. The fourth-order valence-electron chi connectivity index (χ4n) is 1.97. The zero-order valence-corrected chi connectivity index (χ0v) is 14.8. The minimum atomic E-state index is -0.603. The number of thiazole rings is 1. The average Bonchev–Trinajstić information content (AvgIpc) is 2.90. The van der Waals surface area contributed by atoms with Gasteiger partial charge < -0.3 is 5.11 Å². The molecule has 1 atom stereocenters. The number of rotatable bonds is 3. The maximum absolute atomic E-state index is 10.4. The zero-order chi connectivity index (χ0) is 15.1. The van der Waals surface area contributed by atoms with Crippen molar-refractivity contribution >= 4 is 27.3 Å². The Morgan fingerprint density at radius 3 is 2.55 bits per heavy atom. The number of aryl methyl sites for hydroxylation is 2. The van der Waals surface area contributed by atoms with Gasteiger partial charge in [-0.25, -0.2) is 4.98 Å². The molecular formula is C14H20BrN3OS. The van der Waals surface area contributed by atoms with Gasteiger partial charge >= 0.3 is 0 Å². The lowest BCUT2D eigenvalue weighted by Crippen LogP contribution is -2.12. The molecule has 0 radical (unpaired) electrons. The minimum Gasteiger partial charge on any atom is -0.386 e. The molecule has 0 bridgehead atoms. The van der Waals surface area contributed by atoms with Crippen LogP contribution in [0, 0.1) is 6.92 Å². The van der Waals surface area contributed by atoms with E-state index < -0.39 is 6.10 Å². The van der Waals surface area contributed by atoms with Crippen LogP contribution in [-0.2, 0) is 18.9 Å². The second-order valence-electron chi connectivity index (χ2n) is 6.02. The summed E-state index contributed by atoms with van der Waals surface area (Å²) in [5, 5.41) is 17.7. The summed E-state index contributed by atoms with van der Waals surface area (Å²) in [6.07, 6.45) is -0.0981. The molecule has 0 amide bonds. The van der Waals surface area contributed by atoms with Gasteiger partial charge in [-0.15, -0.1) is 11.3 Å². The largest absolute Gasteiger partial charge is 0.386 e. The lowest BCUT2D eigenvalue weighted by atomic mass is 9.98. The second kappa shape index (κ2) is 5.58. The normalized spacial score (nSPS) is 13.8. The van der Waals surface area contributed by atoms with Crippen LogP contribution in [0.2, 0.25) is 0 Å². The molecule has 0 saturated carbocycles. The summed E-state index contributed by atoms with van der Waals surface area (Å²) in [6.45, 7) is 8.33. The van der Waals surface area contributed by atoms with Gasteiger partial charge in [0.05, 0.1) is 26.6 Å². The molecule has 6 heteroatoms. The van der Waals surface area contributed by atoms with Gasteiger partial charge in [-0.3, -0.25) is 4.68 Å². The van der Waals surface area contributed by atoms with Gasteiger partial charge in [-0.05, 0) is 22.9 Å². The Morgan fingerprint density at radius 1 is 1.45 bits per heavy atom. The maximum Gasteiger partial charge on any atom is 0.102 e. The molecular weight excluding hydrogens is 338 g/mol. The third-order valence-electron chi connectivity index (χ3n) is 3.15. The summed E-state index contributed by atoms with van der Waals surface area (Å²) < 4.78 is 2.77. The third kappa shape index (κ3) is 3.13. The van der Waals surface area contributed by atoms with Crippen LogP contribution in [0.3, 0.4) is 0 Å². The first-order chi connectivity index (χ1) is 9.20. The number of aliphatic hydroxyl groups excluding tert-OH is 1. The highest BCUT2D eigenvalue weighted by atomic mass is 79.9. The van der Waals surface area contributed by atoms with E-state index in [2.05, 4.69) is 46.8 Å².